The molecule has 4 nitrogen and oxygen atoms in total. The lowest BCUT2D eigenvalue weighted by Crippen LogP contribution is -3.28. The van der Waals surface area contributed by atoms with E-state index in [2.05, 4.69) is 60.7 Å². The van der Waals surface area contributed by atoms with Crippen molar-refractivity contribution in [3.8, 4) is 5.75 Å². The van der Waals surface area contributed by atoms with E-state index in [1.54, 1.807) is 4.90 Å². The van der Waals surface area contributed by atoms with E-state index in [0.29, 0.717) is 12.6 Å². The van der Waals surface area contributed by atoms with E-state index >= 15 is 0 Å². The van der Waals surface area contributed by atoms with E-state index in [1.165, 1.54) is 16.0 Å². The second-order valence-electron chi connectivity index (χ2n) is 8.14. The molecular weight excluding hydrogens is 372 g/mol. The zero-order chi connectivity index (χ0) is 20.6. The van der Waals surface area contributed by atoms with E-state index in [0.717, 1.165) is 38.5 Å². The number of hydrogen-bond acceptors (Lipinski definition) is 2. The molecule has 0 saturated carbocycles. The van der Waals surface area contributed by atoms with Crippen molar-refractivity contribution in [3.63, 3.8) is 0 Å². The Kier molecular flexibility index (Phi) is 7.14. The predicted octanol–water partition coefficient (Wildman–Crippen LogP) is 0.999. The maximum absolute atomic E-state index is 10.4. The number of aliphatic hydroxyl groups excluding tert-OH is 1. The molecule has 0 amide bonds. The third-order valence-corrected chi connectivity index (χ3v) is 5.98. The van der Waals surface area contributed by atoms with Crippen LogP contribution in [0.2, 0.25) is 0 Å². The highest BCUT2D eigenvalue weighted by Crippen LogP contribution is 2.18. The molecule has 1 heterocycles. The van der Waals surface area contributed by atoms with Crippen molar-refractivity contribution in [2.75, 3.05) is 39.3 Å². The van der Waals surface area contributed by atoms with Gasteiger partial charge in [0.15, 0.2) is 0 Å². The van der Waals surface area contributed by atoms with Gasteiger partial charge in [0.1, 0.15) is 57.2 Å². The molecule has 1 aliphatic rings. The monoisotopic (exact) mass is 404 g/mol. The molecule has 0 bridgehead atoms. The minimum Gasteiger partial charge on any atom is -0.491 e. The van der Waals surface area contributed by atoms with Crippen molar-refractivity contribution < 1.29 is 19.6 Å². The number of rotatable bonds is 8. The van der Waals surface area contributed by atoms with Gasteiger partial charge in [-0.3, -0.25) is 0 Å². The van der Waals surface area contributed by atoms with E-state index in [1.807, 2.05) is 30.3 Å². The summed E-state index contributed by atoms with van der Waals surface area (Å²) < 4.78 is 5.72. The van der Waals surface area contributed by atoms with Crippen molar-refractivity contribution in [1.29, 1.82) is 0 Å². The second-order valence-corrected chi connectivity index (χ2v) is 8.14. The molecule has 0 radical (unpaired) electrons. The van der Waals surface area contributed by atoms with Crippen LogP contribution in [-0.4, -0.2) is 50.5 Å². The highest BCUT2D eigenvalue weighted by Gasteiger charge is 2.32. The van der Waals surface area contributed by atoms with Crippen LogP contribution in [0.25, 0.3) is 0 Å². The highest BCUT2D eigenvalue weighted by molar-refractivity contribution is 5.29. The van der Waals surface area contributed by atoms with Gasteiger partial charge in [-0.15, -0.1) is 0 Å². The second kappa shape index (κ2) is 10.4. The summed E-state index contributed by atoms with van der Waals surface area (Å²) in [4.78, 5) is 3.06. The van der Waals surface area contributed by atoms with E-state index in [4.69, 9.17) is 4.74 Å². The first-order valence-electron chi connectivity index (χ1n) is 10.9. The Balaban J connectivity index is 1.33. The minimum atomic E-state index is -0.444. The zero-order valence-corrected chi connectivity index (χ0v) is 17.4. The molecule has 156 valence electrons. The van der Waals surface area contributed by atoms with Gasteiger partial charge in [-0.1, -0.05) is 78.9 Å². The molecule has 1 saturated heterocycles. The molecule has 1 fully saturated rings. The van der Waals surface area contributed by atoms with Crippen LogP contribution in [0.5, 0.6) is 5.75 Å². The third-order valence-electron chi connectivity index (χ3n) is 5.98. The lowest BCUT2D eigenvalue weighted by Gasteiger charge is -2.35. The molecular formula is C26H32N2O2+2. The molecule has 3 aromatic carbocycles. The van der Waals surface area contributed by atoms with E-state index < -0.39 is 6.10 Å². The number of benzene rings is 3. The topological polar surface area (TPSA) is 38.3 Å². The molecule has 1 aliphatic heterocycles. The largest absolute Gasteiger partial charge is 0.491 e. The standard InChI is InChI=1S/C26H30N2O2/c29-24(21-30-25-14-8-3-9-15-25)20-27-16-18-28(19-17-27)26(22-10-4-1-5-11-22)23-12-6-2-7-13-23/h1-15,24,26,29H,16-21H2/p+2/t24-/m0/s1. The average molecular weight is 405 g/mol. The first-order valence-corrected chi connectivity index (χ1v) is 10.9. The Morgan fingerprint density at radius 3 is 1.73 bits per heavy atom. The predicted molar refractivity (Wildman–Crippen MR) is 119 cm³/mol. The third kappa shape index (κ3) is 5.48. The fourth-order valence-electron chi connectivity index (χ4n) is 4.47. The summed E-state index contributed by atoms with van der Waals surface area (Å²) in [5.74, 6) is 0.814. The molecule has 4 heteroatoms. The number of para-hydroxylation sites is 1. The molecule has 1 atom stereocenters. The van der Waals surface area contributed by atoms with Crippen LogP contribution >= 0.6 is 0 Å². The van der Waals surface area contributed by atoms with Crippen LogP contribution in [0.3, 0.4) is 0 Å². The summed E-state index contributed by atoms with van der Waals surface area (Å²) in [6.45, 7) is 5.40. The van der Waals surface area contributed by atoms with Gasteiger partial charge in [0.2, 0.25) is 0 Å². The summed E-state index contributed by atoms with van der Waals surface area (Å²) in [5.41, 5.74) is 2.75. The number of quaternary nitrogens is 2. The van der Waals surface area contributed by atoms with Crippen molar-refractivity contribution in [2.24, 2.45) is 0 Å². The number of ether oxygens (including phenoxy) is 1. The summed E-state index contributed by atoms with van der Waals surface area (Å²) in [6, 6.07) is 31.8. The van der Waals surface area contributed by atoms with Gasteiger partial charge in [0.25, 0.3) is 0 Å². The normalized spacial score (nSPS) is 20.1. The molecule has 3 aromatic rings. The number of hydrogen-bond donors (Lipinski definition) is 3. The SMILES string of the molecule is O[C@H](COc1ccccc1)C[NH+]1CC[NH+](C(c2ccccc2)c2ccccc2)CC1. The van der Waals surface area contributed by atoms with Crippen molar-refractivity contribution in [2.45, 2.75) is 12.1 Å². The quantitative estimate of drug-likeness (QED) is 0.524. The number of nitrogens with one attached hydrogen (secondary N) is 2. The minimum absolute atomic E-state index is 0.348. The van der Waals surface area contributed by atoms with E-state index in [9.17, 15) is 5.11 Å². The Hall–Kier alpha value is -2.66. The Bertz CT molecular complexity index is 826. The van der Waals surface area contributed by atoms with Gasteiger partial charge >= 0.3 is 0 Å². The molecule has 0 spiro atoms. The van der Waals surface area contributed by atoms with Crippen LogP contribution in [0.4, 0.5) is 0 Å². The molecule has 3 N–H and O–H groups in total. The van der Waals surface area contributed by atoms with Gasteiger partial charge in [-0.2, -0.15) is 0 Å². The zero-order valence-electron chi connectivity index (χ0n) is 17.4. The van der Waals surface area contributed by atoms with Crippen molar-refractivity contribution in [1.82, 2.24) is 0 Å². The smallest absolute Gasteiger partial charge is 0.139 e. The van der Waals surface area contributed by atoms with Gasteiger partial charge in [0, 0.05) is 11.1 Å². The van der Waals surface area contributed by atoms with Crippen LogP contribution in [0, 0.1) is 0 Å². The number of aliphatic hydroxyl groups is 1. The van der Waals surface area contributed by atoms with Gasteiger partial charge in [-0.25, -0.2) is 0 Å². The molecule has 0 aromatic heterocycles. The van der Waals surface area contributed by atoms with Crippen molar-refractivity contribution >= 4 is 0 Å². The average Bonchev–Trinajstić information content (AvgIpc) is 2.81. The molecule has 30 heavy (non-hydrogen) atoms. The first-order chi connectivity index (χ1) is 14.8. The Labute approximate surface area is 179 Å². The van der Waals surface area contributed by atoms with Crippen LogP contribution in [-0.2, 0) is 0 Å². The first kappa shape index (κ1) is 20.6. The Morgan fingerprint density at radius 2 is 1.20 bits per heavy atom. The number of piperazine rings is 1. The lowest BCUT2D eigenvalue weighted by molar-refractivity contribution is -1.02. The summed E-state index contributed by atoms with van der Waals surface area (Å²) in [7, 11) is 0. The van der Waals surface area contributed by atoms with Gasteiger partial charge in [-0.05, 0) is 12.1 Å². The van der Waals surface area contributed by atoms with Gasteiger partial charge < -0.3 is 19.6 Å². The Morgan fingerprint density at radius 1 is 0.700 bits per heavy atom. The summed E-state index contributed by atoms with van der Waals surface area (Å²) in [5, 5.41) is 10.4. The summed E-state index contributed by atoms with van der Waals surface area (Å²) >= 11 is 0. The fourth-order valence-corrected chi connectivity index (χ4v) is 4.47. The van der Waals surface area contributed by atoms with Crippen LogP contribution in [0.1, 0.15) is 17.2 Å². The van der Waals surface area contributed by atoms with Gasteiger partial charge in [0.05, 0.1) is 0 Å². The van der Waals surface area contributed by atoms with E-state index in [-0.39, 0.29) is 0 Å². The molecule has 4 rings (SSSR count). The maximum atomic E-state index is 10.4. The maximum Gasteiger partial charge on any atom is 0.139 e. The fraction of sp³-hybridized carbons (Fsp3) is 0.308. The van der Waals surface area contributed by atoms with Crippen LogP contribution < -0.4 is 14.5 Å². The molecule has 0 unspecified atom stereocenters. The van der Waals surface area contributed by atoms with Crippen molar-refractivity contribution in [3.05, 3.63) is 102 Å². The van der Waals surface area contributed by atoms with Crippen LogP contribution in [0.15, 0.2) is 91.0 Å². The summed E-state index contributed by atoms with van der Waals surface area (Å²) in [6.07, 6.45) is -0.444. The lowest BCUT2D eigenvalue weighted by atomic mass is 9.96. The highest BCUT2D eigenvalue weighted by atomic mass is 16.5. The molecule has 0 aliphatic carbocycles.